The largest absolute Gasteiger partial charge is 0.460 e. The molecule has 23 heavy (non-hydrogen) atoms. The standard InChI is InChI=1S/C16H25NO6/c1-9-13(7-18)23-16(15(20)14(9)19)22-12-5-4-10(8-21-3)6-11(12)17-2/h4-6,9,13-20H,7-8H2,1-3H3. The highest BCUT2D eigenvalue weighted by molar-refractivity contribution is 5.57. The van der Waals surface area contributed by atoms with Gasteiger partial charge < -0.3 is 34.8 Å². The molecule has 0 radical (unpaired) electrons. The number of methoxy groups -OCH3 is 1. The van der Waals surface area contributed by atoms with Crippen LogP contribution in [0.5, 0.6) is 5.75 Å². The molecule has 1 aromatic rings. The molecular weight excluding hydrogens is 302 g/mol. The van der Waals surface area contributed by atoms with Crippen molar-refractivity contribution in [2.45, 2.75) is 38.1 Å². The van der Waals surface area contributed by atoms with E-state index in [4.69, 9.17) is 14.2 Å². The Labute approximate surface area is 135 Å². The van der Waals surface area contributed by atoms with Gasteiger partial charge in [-0.15, -0.1) is 0 Å². The third kappa shape index (κ3) is 3.94. The monoisotopic (exact) mass is 327 g/mol. The molecule has 1 heterocycles. The molecule has 0 aliphatic carbocycles. The van der Waals surface area contributed by atoms with Crippen molar-refractivity contribution in [2.75, 3.05) is 26.1 Å². The minimum Gasteiger partial charge on any atom is -0.460 e. The van der Waals surface area contributed by atoms with Crippen LogP contribution in [0.4, 0.5) is 5.69 Å². The Morgan fingerprint density at radius 1 is 1.26 bits per heavy atom. The lowest BCUT2D eigenvalue weighted by Gasteiger charge is -2.40. The van der Waals surface area contributed by atoms with E-state index in [-0.39, 0.29) is 12.5 Å². The Balaban J connectivity index is 2.17. The third-order valence-electron chi connectivity index (χ3n) is 4.11. The molecule has 130 valence electrons. The molecule has 7 heteroatoms. The number of anilines is 1. The number of hydrogen-bond acceptors (Lipinski definition) is 7. The van der Waals surface area contributed by atoms with Crippen molar-refractivity contribution in [2.24, 2.45) is 5.92 Å². The zero-order valence-electron chi connectivity index (χ0n) is 13.6. The lowest BCUT2D eigenvalue weighted by molar-refractivity contribution is -0.260. The molecule has 0 amide bonds. The molecule has 0 saturated carbocycles. The van der Waals surface area contributed by atoms with Gasteiger partial charge in [0.2, 0.25) is 6.29 Å². The van der Waals surface area contributed by atoms with E-state index in [1.807, 2.05) is 12.1 Å². The van der Waals surface area contributed by atoms with Gasteiger partial charge in [0, 0.05) is 20.1 Å². The summed E-state index contributed by atoms with van der Waals surface area (Å²) in [5.41, 5.74) is 1.68. The summed E-state index contributed by atoms with van der Waals surface area (Å²) in [7, 11) is 3.37. The number of rotatable bonds is 6. The summed E-state index contributed by atoms with van der Waals surface area (Å²) in [5, 5.41) is 32.6. The van der Waals surface area contributed by atoms with Crippen LogP contribution in [0.3, 0.4) is 0 Å². The van der Waals surface area contributed by atoms with E-state index < -0.39 is 24.6 Å². The van der Waals surface area contributed by atoms with Gasteiger partial charge in [-0.3, -0.25) is 0 Å². The Morgan fingerprint density at radius 2 is 2.00 bits per heavy atom. The molecule has 7 nitrogen and oxygen atoms in total. The lowest BCUT2D eigenvalue weighted by Crippen LogP contribution is -2.56. The summed E-state index contributed by atoms with van der Waals surface area (Å²) < 4.78 is 16.4. The minimum atomic E-state index is -1.20. The third-order valence-corrected chi connectivity index (χ3v) is 4.11. The van der Waals surface area contributed by atoms with Crippen molar-refractivity contribution < 1.29 is 29.5 Å². The van der Waals surface area contributed by atoms with E-state index in [9.17, 15) is 15.3 Å². The highest BCUT2D eigenvalue weighted by Crippen LogP contribution is 2.31. The fourth-order valence-electron chi connectivity index (χ4n) is 2.63. The Morgan fingerprint density at radius 3 is 2.61 bits per heavy atom. The van der Waals surface area contributed by atoms with Gasteiger partial charge in [0.1, 0.15) is 11.9 Å². The van der Waals surface area contributed by atoms with Gasteiger partial charge in [0.05, 0.1) is 31.1 Å². The highest BCUT2D eigenvalue weighted by Gasteiger charge is 2.43. The van der Waals surface area contributed by atoms with Crippen LogP contribution in [0.15, 0.2) is 18.2 Å². The first-order chi connectivity index (χ1) is 11.0. The molecule has 0 bridgehead atoms. The number of hydrogen-bond donors (Lipinski definition) is 4. The molecule has 1 aliphatic rings. The van der Waals surface area contributed by atoms with Gasteiger partial charge in [-0.25, -0.2) is 0 Å². The molecule has 1 aliphatic heterocycles. The summed E-state index contributed by atoms with van der Waals surface area (Å²) in [6.45, 7) is 1.93. The molecule has 4 N–H and O–H groups in total. The van der Waals surface area contributed by atoms with Crippen LogP contribution in [-0.4, -0.2) is 60.7 Å². The van der Waals surface area contributed by atoms with Gasteiger partial charge in [-0.2, -0.15) is 0 Å². The van der Waals surface area contributed by atoms with Crippen LogP contribution in [-0.2, 0) is 16.1 Å². The van der Waals surface area contributed by atoms with Gasteiger partial charge in [-0.1, -0.05) is 13.0 Å². The Hall–Kier alpha value is -1.38. The van der Waals surface area contributed by atoms with Crippen LogP contribution in [0.1, 0.15) is 12.5 Å². The SMILES string of the molecule is CNc1cc(COC)ccc1OC1OC(CO)C(C)C(O)C1O. The maximum absolute atomic E-state index is 10.2. The molecule has 0 spiro atoms. The quantitative estimate of drug-likeness (QED) is 0.597. The van der Waals surface area contributed by atoms with Crippen molar-refractivity contribution in [1.29, 1.82) is 0 Å². The fraction of sp³-hybridized carbons (Fsp3) is 0.625. The van der Waals surface area contributed by atoms with E-state index >= 15 is 0 Å². The van der Waals surface area contributed by atoms with Gasteiger partial charge in [-0.05, 0) is 17.7 Å². The average Bonchev–Trinajstić information content (AvgIpc) is 2.56. The summed E-state index contributed by atoms with van der Waals surface area (Å²) in [6, 6.07) is 5.46. The normalized spacial score (nSPS) is 31.0. The topological polar surface area (TPSA) is 100 Å². The van der Waals surface area contributed by atoms with Crippen LogP contribution in [0, 0.1) is 5.92 Å². The van der Waals surface area contributed by atoms with E-state index in [1.54, 1.807) is 27.1 Å². The van der Waals surface area contributed by atoms with Gasteiger partial charge >= 0.3 is 0 Å². The van der Waals surface area contributed by atoms with Crippen LogP contribution >= 0.6 is 0 Å². The second-order valence-corrected chi connectivity index (χ2v) is 5.70. The number of aliphatic hydroxyl groups excluding tert-OH is 3. The molecule has 0 aromatic heterocycles. The lowest BCUT2D eigenvalue weighted by atomic mass is 9.91. The van der Waals surface area contributed by atoms with Crippen LogP contribution in [0.25, 0.3) is 0 Å². The second kappa shape index (κ2) is 7.94. The van der Waals surface area contributed by atoms with Crippen LogP contribution in [0.2, 0.25) is 0 Å². The molecule has 5 unspecified atom stereocenters. The Bertz CT molecular complexity index is 509. The van der Waals surface area contributed by atoms with E-state index in [1.165, 1.54) is 0 Å². The summed E-state index contributed by atoms with van der Waals surface area (Å²) in [6.07, 6.45) is -3.88. The first-order valence-electron chi connectivity index (χ1n) is 7.60. The van der Waals surface area contributed by atoms with Crippen molar-refractivity contribution in [3.05, 3.63) is 23.8 Å². The van der Waals surface area contributed by atoms with Crippen molar-refractivity contribution in [1.82, 2.24) is 0 Å². The van der Waals surface area contributed by atoms with Crippen molar-refractivity contribution in [3.8, 4) is 5.75 Å². The van der Waals surface area contributed by atoms with E-state index in [2.05, 4.69) is 5.32 Å². The first-order valence-corrected chi connectivity index (χ1v) is 7.60. The number of benzene rings is 1. The van der Waals surface area contributed by atoms with Crippen molar-refractivity contribution in [3.63, 3.8) is 0 Å². The van der Waals surface area contributed by atoms with Gasteiger partial charge in [0.15, 0.2) is 0 Å². The summed E-state index contributed by atoms with van der Waals surface area (Å²) >= 11 is 0. The number of nitrogens with one attached hydrogen (secondary N) is 1. The van der Waals surface area contributed by atoms with E-state index in [0.717, 1.165) is 5.56 Å². The summed E-state index contributed by atoms with van der Waals surface area (Å²) in [4.78, 5) is 0. The van der Waals surface area contributed by atoms with Crippen LogP contribution < -0.4 is 10.1 Å². The maximum atomic E-state index is 10.2. The maximum Gasteiger partial charge on any atom is 0.229 e. The van der Waals surface area contributed by atoms with Crippen molar-refractivity contribution >= 4 is 5.69 Å². The fourth-order valence-corrected chi connectivity index (χ4v) is 2.63. The average molecular weight is 327 g/mol. The zero-order valence-corrected chi connectivity index (χ0v) is 13.6. The molecule has 2 rings (SSSR count). The molecule has 1 fully saturated rings. The summed E-state index contributed by atoms with van der Waals surface area (Å²) in [5.74, 6) is 0.0949. The predicted molar refractivity (Wildman–Crippen MR) is 84.3 cm³/mol. The first kappa shape index (κ1) is 18.0. The zero-order chi connectivity index (χ0) is 17.0. The molecule has 5 atom stereocenters. The van der Waals surface area contributed by atoms with Gasteiger partial charge in [0.25, 0.3) is 0 Å². The van der Waals surface area contributed by atoms with E-state index in [0.29, 0.717) is 18.0 Å². The molecule has 1 saturated heterocycles. The minimum absolute atomic E-state index is 0.254. The molecular formula is C16H25NO6. The predicted octanol–water partition coefficient (Wildman–Crippen LogP) is 0.329. The smallest absolute Gasteiger partial charge is 0.229 e. The second-order valence-electron chi connectivity index (χ2n) is 5.70. The molecule has 1 aromatic carbocycles. The number of aliphatic hydroxyl groups is 3. The Kier molecular flexibility index (Phi) is 6.20. The highest BCUT2D eigenvalue weighted by atomic mass is 16.7. The number of ether oxygens (including phenoxy) is 3.